The van der Waals surface area contributed by atoms with E-state index < -0.39 is 0 Å². The number of benzene rings is 2. The van der Waals surface area contributed by atoms with Crippen LogP contribution in [-0.2, 0) is 12.1 Å². The molecule has 1 amide bonds. The minimum absolute atomic E-state index is 0.146. The Balaban J connectivity index is 1.46. The molecule has 0 saturated carbocycles. The highest BCUT2D eigenvalue weighted by Crippen LogP contribution is 2.33. The summed E-state index contributed by atoms with van der Waals surface area (Å²) in [5.74, 6) is 2.07. The van der Waals surface area contributed by atoms with Crippen molar-refractivity contribution < 1.29 is 14.3 Å². The molecule has 0 fully saturated rings. The van der Waals surface area contributed by atoms with Crippen LogP contribution in [0, 0.1) is 6.92 Å². The van der Waals surface area contributed by atoms with Gasteiger partial charge in [-0.1, -0.05) is 24.3 Å². The van der Waals surface area contributed by atoms with Crippen molar-refractivity contribution in [3.05, 3.63) is 71.7 Å². The second kappa shape index (κ2) is 9.66. The monoisotopic (exact) mass is 473 g/mol. The van der Waals surface area contributed by atoms with E-state index >= 15 is 0 Å². The van der Waals surface area contributed by atoms with E-state index in [1.807, 2.05) is 76.2 Å². The fraction of sp³-hybridized carbons (Fsp3) is 0.296. The van der Waals surface area contributed by atoms with Gasteiger partial charge in [-0.3, -0.25) is 9.48 Å². The van der Waals surface area contributed by atoms with Crippen LogP contribution in [0.15, 0.2) is 54.7 Å². The lowest BCUT2D eigenvalue weighted by Gasteiger charge is -2.22. The number of nitrogens with one attached hydrogen (secondary N) is 2. The molecule has 0 aliphatic rings. The van der Waals surface area contributed by atoms with Crippen molar-refractivity contribution in [3.63, 3.8) is 0 Å². The number of nitrogens with zero attached hydrogens (tertiary/aromatic N) is 3. The third kappa shape index (κ3) is 5.21. The summed E-state index contributed by atoms with van der Waals surface area (Å²) in [6, 6.07) is 15.4. The van der Waals surface area contributed by atoms with Gasteiger partial charge in [0.2, 0.25) is 0 Å². The number of aromatic nitrogens is 4. The van der Waals surface area contributed by atoms with E-state index in [1.165, 1.54) is 0 Å². The van der Waals surface area contributed by atoms with Crippen molar-refractivity contribution >= 4 is 5.91 Å². The number of hydrogen-bond acceptors (Lipinski definition) is 5. The standard InChI is InChI=1S/C27H31N5O3/c1-17-13-23(32(31-17)27(2,3)4)26(33)29-15-18-7-9-19(10-8-18)25-28-16-22(30-25)21-14-20(34-5)11-12-24(21)35-6/h7-14,16H,15H2,1-6H3,(H,28,30)(H,29,33). The first-order valence-corrected chi connectivity index (χ1v) is 11.4. The molecule has 2 N–H and O–H groups in total. The van der Waals surface area contributed by atoms with Gasteiger partial charge in [-0.25, -0.2) is 4.98 Å². The van der Waals surface area contributed by atoms with Crippen LogP contribution in [0.5, 0.6) is 11.5 Å². The minimum Gasteiger partial charge on any atom is -0.497 e. The molecule has 2 aromatic carbocycles. The second-order valence-electron chi connectivity index (χ2n) is 9.34. The van der Waals surface area contributed by atoms with E-state index in [0.29, 0.717) is 12.2 Å². The molecular weight excluding hydrogens is 442 g/mol. The lowest BCUT2D eigenvalue weighted by molar-refractivity contribution is 0.0932. The van der Waals surface area contributed by atoms with Crippen LogP contribution in [0.25, 0.3) is 22.6 Å². The summed E-state index contributed by atoms with van der Waals surface area (Å²) in [5, 5.41) is 7.48. The second-order valence-corrected chi connectivity index (χ2v) is 9.34. The number of methoxy groups -OCH3 is 2. The lowest BCUT2D eigenvalue weighted by atomic mass is 10.1. The van der Waals surface area contributed by atoms with Gasteiger partial charge in [0.05, 0.1) is 37.3 Å². The molecule has 4 aromatic rings. The fourth-order valence-corrected chi connectivity index (χ4v) is 3.86. The van der Waals surface area contributed by atoms with Gasteiger partial charge in [-0.15, -0.1) is 0 Å². The maximum absolute atomic E-state index is 12.8. The lowest BCUT2D eigenvalue weighted by Crippen LogP contribution is -2.32. The normalized spacial score (nSPS) is 11.4. The number of aromatic amines is 1. The van der Waals surface area contributed by atoms with Crippen LogP contribution in [0.4, 0.5) is 0 Å². The highest BCUT2D eigenvalue weighted by molar-refractivity contribution is 5.92. The zero-order valence-corrected chi connectivity index (χ0v) is 21.0. The number of imidazole rings is 1. The van der Waals surface area contributed by atoms with Crippen molar-refractivity contribution in [3.8, 4) is 34.1 Å². The van der Waals surface area contributed by atoms with Crippen LogP contribution >= 0.6 is 0 Å². The topological polar surface area (TPSA) is 94.1 Å². The molecule has 4 rings (SSSR count). The number of H-pyrrole nitrogens is 1. The average molecular weight is 474 g/mol. The van der Waals surface area contributed by atoms with Gasteiger partial charge in [0, 0.05) is 17.7 Å². The molecule has 0 aliphatic carbocycles. The number of carbonyl (C=O) groups is 1. The third-order valence-corrected chi connectivity index (χ3v) is 5.65. The van der Waals surface area contributed by atoms with Crippen molar-refractivity contribution in [2.45, 2.75) is 39.8 Å². The quantitative estimate of drug-likeness (QED) is 0.396. The maximum atomic E-state index is 12.8. The van der Waals surface area contributed by atoms with Gasteiger partial charge in [-0.05, 0) is 57.5 Å². The summed E-state index contributed by atoms with van der Waals surface area (Å²) < 4.78 is 12.6. The van der Waals surface area contributed by atoms with E-state index in [-0.39, 0.29) is 11.4 Å². The number of amides is 1. The third-order valence-electron chi connectivity index (χ3n) is 5.65. The van der Waals surface area contributed by atoms with Gasteiger partial charge < -0.3 is 19.8 Å². The van der Waals surface area contributed by atoms with E-state index in [9.17, 15) is 4.79 Å². The minimum atomic E-state index is -0.278. The Morgan fingerprint density at radius 1 is 1.06 bits per heavy atom. The molecule has 0 radical (unpaired) electrons. The molecule has 0 unspecified atom stereocenters. The Hall–Kier alpha value is -4.07. The van der Waals surface area contributed by atoms with E-state index in [4.69, 9.17) is 9.47 Å². The number of aryl methyl sites for hydroxylation is 1. The van der Waals surface area contributed by atoms with Crippen LogP contribution < -0.4 is 14.8 Å². The van der Waals surface area contributed by atoms with Crippen LogP contribution in [0.2, 0.25) is 0 Å². The summed E-state index contributed by atoms with van der Waals surface area (Å²) in [4.78, 5) is 20.7. The first kappa shape index (κ1) is 24.1. The SMILES string of the molecule is COc1ccc(OC)c(-c2cnc(-c3ccc(CNC(=O)c4cc(C)nn4C(C)(C)C)cc3)[nH]2)c1. The first-order valence-electron chi connectivity index (χ1n) is 11.4. The molecule has 8 heteroatoms. The number of ether oxygens (including phenoxy) is 2. The molecule has 0 bridgehead atoms. The molecule has 182 valence electrons. The summed E-state index contributed by atoms with van der Waals surface area (Å²) in [5.41, 5.74) is 4.73. The summed E-state index contributed by atoms with van der Waals surface area (Å²) in [6.07, 6.45) is 1.78. The predicted octanol–water partition coefficient (Wildman–Crippen LogP) is 4.95. The molecule has 0 spiro atoms. The number of hydrogen-bond donors (Lipinski definition) is 2. The zero-order valence-electron chi connectivity index (χ0n) is 21.0. The maximum Gasteiger partial charge on any atom is 0.269 e. The first-order chi connectivity index (χ1) is 16.7. The number of rotatable bonds is 7. The largest absolute Gasteiger partial charge is 0.497 e. The Kier molecular flexibility index (Phi) is 6.64. The Morgan fingerprint density at radius 2 is 1.80 bits per heavy atom. The summed E-state index contributed by atoms with van der Waals surface area (Å²) >= 11 is 0. The average Bonchev–Trinajstić information content (AvgIpc) is 3.49. The highest BCUT2D eigenvalue weighted by Gasteiger charge is 2.22. The molecule has 0 saturated heterocycles. The predicted molar refractivity (Wildman–Crippen MR) is 136 cm³/mol. The molecule has 0 aliphatic heterocycles. The number of carbonyl (C=O) groups excluding carboxylic acids is 1. The van der Waals surface area contributed by atoms with E-state index in [0.717, 1.165) is 45.4 Å². The molecule has 35 heavy (non-hydrogen) atoms. The summed E-state index contributed by atoms with van der Waals surface area (Å²) in [7, 11) is 3.27. The molecule has 2 aromatic heterocycles. The van der Waals surface area contributed by atoms with E-state index in [1.54, 1.807) is 25.1 Å². The smallest absolute Gasteiger partial charge is 0.269 e. The fourth-order valence-electron chi connectivity index (χ4n) is 3.86. The van der Waals surface area contributed by atoms with E-state index in [2.05, 4.69) is 20.4 Å². The molecule has 2 heterocycles. The Bertz CT molecular complexity index is 1330. The molecule has 0 atom stereocenters. The van der Waals surface area contributed by atoms with Gasteiger partial charge in [0.25, 0.3) is 5.91 Å². The zero-order chi connectivity index (χ0) is 25.2. The van der Waals surface area contributed by atoms with Crippen LogP contribution in [-0.4, -0.2) is 39.9 Å². The van der Waals surface area contributed by atoms with Gasteiger partial charge in [0.15, 0.2) is 0 Å². The van der Waals surface area contributed by atoms with Gasteiger partial charge in [0.1, 0.15) is 23.0 Å². The Labute approximate surface area is 205 Å². The highest BCUT2D eigenvalue weighted by atomic mass is 16.5. The van der Waals surface area contributed by atoms with Crippen molar-refractivity contribution in [1.29, 1.82) is 0 Å². The van der Waals surface area contributed by atoms with Gasteiger partial charge in [-0.2, -0.15) is 5.10 Å². The summed E-state index contributed by atoms with van der Waals surface area (Å²) in [6.45, 7) is 8.39. The molecule has 8 nitrogen and oxygen atoms in total. The Morgan fingerprint density at radius 3 is 2.46 bits per heavy atom. The van der Waals surface area contributed by atoms with Crippen molar-refractivity contribution in [1.82, 2.24) is 25.1 Å². The van der Waals surface area contributed by atoms with Crippen molar-refractivity contribution in [2.24, 2.45) is 0 Å². The molecular formula is C27H31N5O3. The van der Waals surface area contributed by atoms with Crippen LogP contribution in [0.3, 0.4) is 0 Å². The van der Waals surface area contributed by atoms with Crippen LogP contribution in [0.1, 0.15) is 42.5 Å². The van der Waals surface area contributed by atoms with Crippen molar-refractivity contribution in [2.75, 3.05) is 14.2 Å². The van der Waals surface area contributed by atoms with Gasteiger partial charge >= 0.3 is 0 Å².